The van der Waals surface area contributed by atoms with Crippen LogP contribution in [0.25, 0.3) is 10.9 Å². The van der Waals surface area contributed by atoms with E-state index in [9.17, 15) is 4.79 Å². The number of H-pyrrole nitrogens is 1. The number of benzene rings is 1. The first-order chi connectivity index (χ1) is 9.34. The van der Waals surface area contributed by atoms with Gasteiger partial charge in [0.15, 0.2) is 6.29 Å². The van der Waals surface area contributed by atoms with Gasteiger partial charge in [-0.3, -0.25) is 4.79 Å². The van der Waals surface area contributed by atoms with Gasteiger partial charge in [0, 0.05) is 22.7 Å². The zero-order valence-corrected chi connectivity index (χ0v) is 12.2. The molecule has 0 spiro atoms. The molecular formula is C15H18BNO3. The number of carbonyl (C=O) groups excluding carboxylic acids is 1. The van der Waals surface area contributed by atoms with Gasteiger partial charge in [-0.15, -0.1) is 0 Å². The number of aromatic nitrogens is 1. The summed E-state index contributed by atoms with van der Waals surface area (Å²) in [5.41, 5.74) is 1.79. The maximum Gasteiger partial charge on any atom is 0.494 e. The second kappa shape index (κ2) is 4.20. The first-order valence-corrected chi connectivity index (χ1v) is 6.76. The number of nitrogens with one attached hydrogen (secondary N) is 1. The molecule has 2 heterocycles. The third-order valence-corrected chi connectivity index (χ3v) is 4.39. The Labute approximate surface area is 118 Å². The molecule has 5 heteroatoms. The average molecular weight is 271 g/mol. The molecule has 4 nitrogen and oxygen atoms in total. The quantitative estimate of drug-likeness (QED) is 0.673. The summed E-state index contributed by atoms with van der Waals surface area (Å²) in [7, 11) is -0.404. The summed E-state index contributed by atoms with van der Waals surface area (Å²) in [6.07, 6.45) is 2.57. The predicted octanol–water partition coefficient (Wildman–Crippen LogP) is 2.28. The molecule has 0 atom stereocenters. The fourth-order valence-electron chi connectivity index (χ4n) is 2.38. The van der Waals surface area contributed by atoms with Crippen molar-refractivity contribution in [1.29, 1.82) is 0 Å². The molecule has 20 heavy (non-hydrogen) atoms. The van der Waals surface area contributed by atoms with E-state index in [0.717, 1.165) is 22.7 Å². The molecule has 1 aromatic carbocycles. The summed E-state index contributed by atoms with van der Waals surface area (Å²) in [4.78, 5) is 14.1. The van der Waals surface area contributed by atoms with Crippen LogP contribution in [0.1, 0.15) is 38.1 Å². The van der Waals surface area contributed by atoms with Crippen molar-refractivity contribution in [1.82, 2.24) is 4.98 Å². The highest BCUT2D eigenvalue weighted by molar-refractivity contribution is 6.62. The highest BCUT2D eigenvalue weighted by atomic mass is 16.7. The van der Waals surface area contributed by atoms with E-state index in [1.807, 2.05) is 45.9 Å². The third-order valence-electron chi connectivity index (χ3n) is 4.39. The molecule has 0 aliphatic carbocycles. The largest absolute Gasteiger partial charge is 0.494 e. The Kier molecular flexibility index (Phi) is 2.82. The maximum absolute atomic E-state index is 11.0. The minimum Gasteiger partial charge on any atom is -0.399 e. The van der Waals surface area contributed by atoms with Crippen molar-refractivity contribution < 1.29 is 14.1 Å². The zero-order valence-electron chi connectivity index (χ0n) is 12.2. The highest BCUT2D eigenvalue weighted by Crippen LogP contribution is 2.36. The Morgan fingerprint density at radius 1 is 1.15 bits per heavy atom. The molecule has 1 N–H and O–H groups in total. The normalized spacial score (nSPS) is 20.5. The topological polar surface area (TPSA) is 51.3 Å². The summed E-state index contributed by atoms with van der Waals surface area (Å²) in [5, 5.41) is 0.896. The van der Waals surface area contributed by atoms with Gasteiger partial charge in [0.2, 0.25) is 0 Å². The van der Waals surface area contributed by atoms with E-state index in [4.69, 9.17) is 9.31 Å². The van der Waals surface area contributed by atoms with Gasteiger partial charge in [0.25, 0.3) is 0 Å². The van der Waals surface area contributed by atoms with E-state index >= 15 is 0 Å². The van der Waals surface area contributed by atoms with Crippen LogP contribution in [0.15, 0.2) is 24.4 Å². The van der Waals surface area contributed by atoms with E-state index in [2.05, 4.69) is 4.98 Å². The standard InChI is InChI=1S/C15H18BNO3/c1-14(2)15(3,4)20-16(19-14)11-5-6-13-12(7-11)10(9-18)8-17-13/h5-9,17H,1-4H3. The van der Waals surface area contributed by atoms with Gasteiger partial charge >= 0.3 is 7.12 Å². The van der Waals surface area contributed by atoms with Crippen LogP contribution in [-0.4, -0.2) is 29.6 Å². The van der Waals surface area contributed by atoms with Crippen molar-refractivity contribution in [2.75, 3.05) is 0 Å². The van der Waals surface area contributed by atoms with Crippen molar-refractivity contribution in [3.8, 4) is 0 Å². The number of hydrogen-bond donors (Lipinski definition) is 1. The summed E-state index contributed by atoms with van der Waals surface area (Å²) >= 11 is 0. The number of carbonyl (C=O) groups is 1. The highest BCUT2D eigenvalue weighted by Gasteiger charge is 2.51. The van der Waals surface area contributed by atoms with Crippen molar-refractivity contribution in [2.24, 2.45) is 0 Å². The van der Waals surface area contributed by atoms with Crippen molar-refractivity contribution in [3.05, 3.63) is 30.0 Å². The number of rotatable bonds is 2. The molecule has 0 saturated carbocycles. The molecule has 1 aromatic heterocycles. The van der Waals surface area contributed by atoms with Crippen molar-refractivity contribution >= 4 is 29.8 Å². The monoisotopic (exact) mass is 271 g/mol. The van der Waals surface area contributed by atoms with Gasteiger partial charge in [0.1, 0.15) is 0 Å². The smallest absolute Gasteiger partial charge is 0.399 e. The fraction of sp³-hybridized carbons (Fsp3) is 0.400. The number of aldehydes is 1. The molecule has 3 rings (SSSR count). The molecule has 1 aliphatic heterocycles. The first kappa shape index (κ1) is 13.4. The van der Waals surface area contributed by atoms with Crippen LogP contribution in [-0.2, 0) is 9.31 Å². The third kappa shape index (κ3) is 1.89. The summed E-state index contributed by atoms with van der Waals surface area (Å²) < 4.78 is 12.1. The van der Waals surface area contributed by atoms with Crippen LogP contribution in [0.2, 0.25) is 0 Å². The van der Waals surface area contributed by atoms with Gasteiger partial charge in [0.05, 0.1) is 11.2 Å². The molecule has 1 fully saturated rings. The zero-order chi connectivity index (χ0) is 14.5. The van der Waals surface area contributed by atoms with Gasteiger partial charge in [-0.05, 0) is 39.2 Å². The van der Waals surface area contributed by atoms with Gasteiger partial charge < -0.3 is 14.3 Å². The first-order valence-electron chi connectivity index (χ1n) is 6.76. The molecule has 0 radical (unpaired) electrons. The summed E-state index contributed by atoms with van der Waals surface area (Å²) in [5.74, 6) is 0. The lowest BCUT2D eigenvalue weighted by molar-refractivity contribution is 0.00578. The second-order valence-corrected chi connectivity index (χ2v) is 6.26. The Hall–Kier alpha value is -1.59. The van der Waals surface area contributed by atoms with E-state index in [1.54, 1.807) is 6.20 Å². The Morgan fingerprint density at radius 2 is 1.80 bits per heavy atom. The van der Waals surface area contributed by atoms with Crippen LogP contribution in [0.3, 0.4) is 0 Å². The van der Waals surface area contributed by atoms with Crippen LogP contribution in [0, 0.1) is 0 Å². The second-order valence-electron chi connectivity index (χ2n) is 6.26. The minimum absolute atomic E-state index is 0.363. The van der Waals surface area contributed by atoms with Crippen LogP contribution in [0.5, 0.6) is 0 Å². The van der Waals surface area contributed by atoms with Crippen LogP contribution in [0.4, 0.5) is 0 Å². The Bertz CT molecular complexity index is 659. The predicted molar refractivity (Wildman–Crippen MR) is 79.4 cm³/mol. The van der Waals surface area contributed by atoms with Crippen molar-refractivity contribution in [3.63, 3.8) is 0 Å². The SMILES string of the molecule is CC1(C)OB(c2ccc3[nH]cc(C=O)c3c2)OC1(C)C. The molecule has 1 aliphatic rings. The van der Waals surface area contributed by atoms with Crippen LogP contribution < -0.4 is 5.46 Å². The minimum atomic E-state index is -0.404. The van der Waals surface area contributed by atoms with Gasteiger partial charge in [-0.25, -0.2) is 0 Å². The average Bonchev–Trinajstić information content (AvgIpc) is 2.87. The van der Waals surface area contributed by atoms with E-state index in [1.165, 1.54) is 0 Å². The number of hydrogen-bond acceptors (Lipinski definition) is 3. The van der Waals surface area contributed by atoms with E-state index < -0.39 is 7.12 Å². The number of aromatic amines is 1. The van der Waals surface area contributed by atoms with Gasteiger partial charge in [-0.1, -0.05) is 12.1 Å². The van der Waals surface area contributed by atoms with E-state index in [0.29, 0.717) is 5.56 Å². The Balaban J connectivity index is 2.01. The summed E-state index contributed by atoms with van der Waals surface area (Å²) in [6, 6.07) is 5.87. The lowest BCUT2D eigenvalue weighted by Crippen LogP contribution is -2.41. The van der Waals surface area contributed by atoms with Crippen molar-refractivity contribution in [2.45, 2.75) is 38.9 Å². The van der Waals surface area contributed by atoms with Gasteiger partial charge in [-0.2, -0.15) is 0 Å². The molecule has 104 valence electrons. The van der Waals surface area contributed by atoms with Crippen LogP contribution >= 0.6 is 0 Å². The van der Waals surface area contributed by atoms with E-state index in [-0.39, 0.29) is 11.2 Å². The lowest BCUT2D eigenvalue weighted by atomic mass is 9.78. The molecule has 0 bridgehead atoms. The molecule has 0 unspecified atom stereocenters. The molecule has 2 aromatic rings. The number of fused-ring (bicyclic) bond motifs is 1. The fourth-order valence-corrected chi connectivity index (χ4v) is 2.38. The lowest BCUT2D eigenvalue weighted by Gasteiger charge is -2.32. The Morgan fingerprint density at radius 3 is 2.40 bits per heavy atom. The maximum atomic E-state index is 11.0. The molecule has 1 saturated heterocycles. The molecule has 0 amide bonds. The molecular weight excluding hydrogens is 253 g/mol. The summed E-state index contributed by atoms with van der Waals surface area (Å²) in [6.45, 7) is 8.11.